The van der Waals surface area contributed by atoms with Crippen molar-refractivity contribution in [2.45, 2.75) is 57.2 Å². The second-order valence-electron chi connectivity index (χ2n) is 7.43. The Morgan fingerprint density at radius 1 is 1.30 bits per heavy atom. The fourth-order valence-electron chi connectivity index (χ4n) is 3.36. The van der Waals surface area contributed by atoms with Crippen molar-refractivity contribution < 1.29 is 9.94 Å². The molecule has 0 aliphatic carbocycles. The highest BCUT2D eigenvalue weighted by atomic mass is 28.3. The molecule has 1 aliphatic rings. The molecule has 1 N–H and O–H groups in total. The summed E-state index contributed by atoms with van der Waals surface area (Å²) in [6, 6.07) is 10.2. The van der Waals surface area contributed by atoms with Gasteiger partial charge in [-0.15, -0.1) is 6.58 Å². The zero-order valence-electron chi connectivity index (χ0n) is 14.7. The van der Waals surface area contributed by atoms with Crippen LogP contribution in [0.2, 0.25) is 19.6 Å². The van der Waals surface area contributed by atoms with E-state index in [1.165, 1.54) is 0 Å². The number of hydrogen-bond acceptors (Lipinski definition) is 3. The zero-order valence-corrected chi connectivity index (χ0v) is 15.7. The summed E-state index contributed by atoms with van der Waals surface area (Å²) in [5.41, 5.74) is 2.06. The molecule has 1 aliphatic heterocycles. The summed E-state index contributed by atoms with van der Waals surface area (Å²) in [5.74, 6) is 0.124. The average Bonchev–Trinajstić information content (AvgIpc) is 2.92. The van der Waals surface area contributed by atoms with Crippen molar-refractivity contribution in [1.82, 2.24) is 0 Å². The minimum atomic E-state index is -1.91. The van der Waals surface area contributed by atoms with Gasteiger partial charge < -0.3 is 9.94 Å². The van der Waals surface area contributed by atoms with Crippen LogP contribution in [0.1, 0.15) is 31.7 Å². The van der Waals surface area contributed by atoms with Crippen LogP contribution >= 0.6 is 0 Å². The average molecular weight is 332 g/mol. The molecule has 1 heterocycles. The lowest BCUT2D eigenvalue weighted by Gasteiger charge is -2.43. The number of oxime groups is 1. The van der Waals surface area contributed by atoms with Gasteiger partial charge in [0.05, 0.1) is 19.0 Å². The first-order valence-electron chi connectivity index (χ1n) is 8.47. The van der Waals surface area contributed by atoms with Gasteiger partial charge in [0.1, 0.15) is 0 Å². The lowest BCUT2D eigenvalue weighted by Crippen LogP contribution is -2.62. The van der Waals surface area contributed by atoms with Gasteiger partial charge in [-0.1, -0.05) is 74.5 Å². The number of hydrogen-bond donors (Lipinski definition) is 1. The van der Waals surface area contributed by atoms with Gasteiger partial charge in [0, 0.05) is 5.92 Å². The highest BCUT2D eigenvalue weighted by Gasteiger charge is 2.54. The van der Waals surface area contributed by atoms with Gasteiger partial charge in [0.2, 0.25) is 0 Å². The highest BCUT2D eigenvalue weighted by Crippen LogP contribution is 2.40. The summed E-state index contributed by atoms with van der Waals surface area (Å²) >= 11 is 0. The first kappa shape index (κ1) is 18.0. The van der Waals surface area contributed by atoms with E-state index in [1.807, 2.05) is 24.3 Å². The number of rotatable bonds is 7. The zero-order chi connectivity index (χ0) is 17.1. The minimum absolute atomic E-state index is 0.124. The molecule has 1 aromatic carbocycles. The van der Waals surface area contributed by atoms with E-state index in [-0.39, 0.29) is 12.0 Å². The molecule has 3 atom stereocenters. The standard InChI is InChI=1S/C19H29NO2Si/c1-6-11-16-17(15-12-9-8-10-13-15)20-22-18(16)19(21,14-7-2)23(3,4)5/h7-10,12-13,16,18,21H,2,6,11,14H2,1,3-5H3/t16-,18-,19+/m0/s1. The van der Waals surface area contributed by atoms with Gasteiger partial charge in [-0.05, 0) is 18.4 Å². The monoisotopic (exact) mass is 331 g/mol. The predicted octanol–water partition coefficient (Wildman–Crippen LogP) is 4.39. The quantitative estimate of drug-likeness (QED) is 0.595. The maximum absolute atomic E-state index is 11.5. The Hall–Kier alpha value is -1.39. The molecular weight excluding hydrogens is 302 g/mol. The molecule has 4 heteroatoms. The third-order valence-electron chi connectivity index (χ3n) is 4.88. The molecule has 0 unspecified atom stereocenters. The van der Waals surface area contributed by atoms with Crippen molar-refractivity contribution in [2.24, 2.45) is 11.1 Å². The molecule has 0 fully saturated rings. The van der Waals surface area contributed by atoms with Crippen LogP contribution in [0.3, 0.4) is 0 Å². The van der Waals surface area contributed by atoms with E-state index in [9.17, 15) is 5.11 Å². The van der Waals surface area contributed by atoms with Crippen LogP contribution in [0.15, 0.2) is 48.1 Å². The maximum Gasteiger partial charge on any atom is 0.161 e. The molecule has 3 nitrogen and oxygen atoms in total. The van der Waals surface area contributed by atoms with E-state index in [4.69, 9.17) is 4.84 Å². The van der Waals surface area contributed by atoms with Gasteiger partial charge in [-0.2, -0.15) is 0 Å². The van der Waals surface area contributed by atoms with E-state index in [2.05, 4.69) is 50.4 Å². The van der Waals surface area contributed by atoms with Gasteiger partial charge in [-0.3, -0.25) is 0 Å². The predicted molar refractivity (Wildman–Crippen MR) is 99.4 cm³/mol. The Balaban J connectivity index is 2.39. The molecule has 2 rings (SSSR count). The third-order valence-corrected chi connectivity index (χ3v) is 7.96. The number of aliphatic hydroxyl groups is 1. The molecule has 0 amide bonds. The number of nitrogens with zero attached hydrogens (tertiary/aromatic N) is 1. The van der Waals surface area contributed by atoms with Crippen molar-refractivity contribution in [1.29, 1.82) is 0 Å². The van der Waals surface area contributed by atoms with Gasteiger partial charge in [-0.25, -0.2) is 0 Å². The van der Waals surface area contributed by atoms with Crippen LogP contribution in [-0.2, 0) is 4.84 Å². The lowest BCUT2D eigenvalue weighted by atomic mass is 9.85. The second-order valence-corrected chi connectivity index (χ2v) is 12.8. The smallest absolute Gasteiger partial charge is 0.161 e. The van der Waals surface area contributed by atoms with Crippen molar-refractivity contribution in [3.63, 3.8) is 0 Å². The van der Waals surface area contributed by atoms with Crippen LogP contribution < -0.4 is 0 Å². The summed E-state index contributed by atoms with van der Waals surface area (Å²) in [5, 5.41) is 15.0. The van der Waals surface area contributed by atoms with Gasteiger partial charge in [0.15, 0.2) is 6.10 Å². The molecule has 0 saturated carbocycles. The van der Waals surface area contributed by atoms with E-state index >= 15 is 0 Å². The summed E-state index contributed by atoms with van der Waals surface area (Å²) in [6.45, 7) is 12.6. The Labute approximate surface area is 141 Å². The van der Waals surface area contributed by atoms with E-state index in [0.29, 0.717) is 6.42 Å². The van der Waals surface area contributed by atoms with Crippen molar-refractivity contribution in [3.05, 3.63) is 48.6 Å². The van der Waals surface area contributed by atoms with E-state index < -0.39 is 13.3 Å². The first-order valence-corrected chi connectivity index (χ1v) is 12.0. The Morgan fingerprint density at radius 2 is 1.96 bits per heavy atom. The molecule has 1 aromatic rings. The second kappa shape index (κ2) is 7.01. The Bertz CT molecular complexity index is 564. The van der Waals surface area contributed by atoms with E-state index in [0.717, 1.165) is 24.1 Å². The van der Waals surface area contributed by atoms with E-state index in [1.54, 1.807) is 0 Å². The Morgan fingerprint density at radius 3 is 2.48 bits per heavy atom. The maximum atomic E-state index is 11.5. The molecule has 0 spiro atoms. The van der Waals surface area contributed by atoms with Crippen LogP contribution in [0.4, 0.5) is 0 Å². The van der Waals surface area contributed by atoms with Crippen LogP contribution in [-0.4, -0.2) is 30.2 Å². The topological polar surface area (TPSA) is 41.8 Å². The fourth-order valence-corrected chi connectivity index (χ4v) is 5.23. The van der Waals surface area contributed by atoms with Crippen LogP contribution in [0, 0.1) is 5.92 Å². The third kappa shape index (κ3) is 3.43. The molecule has 0 aromatic heterocycles. The summed E-state index contributed by atoms with van der Waals surface area (Å²) in [6.07, 6.45) is 4.06. The molecule has 0 radical (unpaired) electrons. The SMILES string of the molecule is C=CC[C@](O)([C@H]1ON=C(c2ccccc2)[C@@H]1CCC)[Si](C)(C)C. The summed E-state index contributed by atoms with van der Waals surface area (Å²) in [7, 11) is -1.91. The minimum Gasteiger partial charge on any atom is -0.389 e. The number of benzene rings is 1. The fraction of sp³-hybridized carbons (Fsp3) is 0.526. The lowest BCUT2D eigenvalue weighted by molar-refractivity contribution is -0.0670. The molecule has 126 valence electrons. The van der Waals surface area contributed by atoms with Gasteiger partial charge >= 0.3 is 0 Å². The largest absolute Gasteiger partial charge is 0.389 e. The highest BCUT2D eigenvalue weighted by molar-refractivity contribution is 6.79. The summed E-state index contributed by atoms with van der Waals surface area (Å²) < 4.78 is 0. The molecular formula is C19H29NO2Si. The Kier molecular flexibility index (Phi) is 5.47. The molecule has 23 heavy (non-hydrogen) atoms. The normalized spacial score (nSPS) is 23.8. The molecule has 0 bridgehead atoms. The van der Waals surface area contributed by atoms with Crippen molar-refractivity contribution in [2.75, 3.05) is 0 Å². The van der Waals surface area contributed by atoms with Crippen LogP contribution in [0.25, 0.3) is 0 Å². The van der Waals surface area contributed by atoms with Gasteiger partial charge in [0.25, 0.3) is 0 Å². The van der Waals surface area contributed by atoms with Crippen LogP contribution in [0.5, 0.6) is 0 Å². The summed E-state index contributed by atoms with van der Waals surface area (Å²) in [4.78, 5) is 5.85. The van der Waals surface area contributed by atoms with Crippen molar-refractivity contribution in [3.8, 4) is 0 Å². The molecule has 0 saturated heterocycles. The van der Waals surface area contributed by atoms with Crippen molar-refractivity contribution >= 4 is 13.8 Å². The first-order chi connectivity index (χ1) is 10.8.